The number of aryl methyl sites for hydroxylation is 1. The van der Waals surface area contributed by atoms with E-state index in [2.05, 4.69) is 4.74 Å². The van der Waals surface area contributed by atoms with Crippen LogP contribution in [0.4, 0.5) is 10.1 Å². The summed E-state index contributed by atoms with van der Waals surface area (Å²) in [5, 5.41) is 21.2. The molecular weight excluding hydrogens is 453 g/mol. The first-order valence-electron chi connectivity index (χ1n) is 10.7. The maximum absolute atomic E-state index is 13.8. The number of carbonyl (C=O) groups is 3. The molecule has 1 aliphatic heterocycles. The van der Waals surface area contributed by atoms with Crippen LogP contribution in [0.15, 0.2) is 72.3 Å². The van der Waals surface area contributed by atoms with E-state index in [9.17, 15) is 29.0 Å². The summed E-state index contributed by atoms with van der Waals surface area (Å²) in [6, 6.07) is 15.3. The zero-order valence-corrected chi connectivity index (χ0v) is 19.0. The first-order valence-corrected chi connectivity index (χ1v) is 10.7. The standard InChI is InChI=1S/C27H22FNO6/c1-15-12-18(8-11-21(15)28)25(32)23-24(17-4-3-5-20(30)14-17)29(27(34)26(23)33)19-9-6-16(7-10-19)13-22(31)35-2/h3-12,14,24,30,32H,13H2,1-2H3/b25-23-. The van der Waals surface area contributed by atoms with Gasteiger partial charge < -0.3 is 14.9 Å². The number of hydrogen-bond donors (Lipinski definition) is 2. The van der Waals surface area contributed by atoms with Crippen molar-refractivity contribution in [2.45, 2.75) is 19.4 Å². The molecule has 7 nitrogen and oxygen atoms in total. The summed E-state index contributed by atoms with van der Waals surface area (Å²) in [6.45, 7) is 1.52. The molecule has 0 bridgehead atoms. The molecular formula is C27H22FNO6. The van der Waals surface area contributed by atoms with Gasteiger partial charge in [0, 0.05) is 11.3 Å². The summed E-state index contributed by atoms with van der Waals surface area (Å²) >= 11 is 0. The Morgan fingerprint density at radius 2 is 1.77 bits per heavy atom. The number of benzene rings is 3. The number of methoxy groups -OCH3 is 1. The molecule has 1 amide bonds. The SMILES string of the molecule is COC(=O)Cc1ccc(N2C(=O)C(=O)/C(=C(\O)c3ccc(F)c(C)c3)C2c2cccc(O)c2)cc1. The highest BCUT2D eigenvalue weighted by Gasteiger charge is 2.47. The van der Waals surface area contributed by atoms with E-state index in [1.165, 1.54) is 49.3 Å². The molecule has 8 heteroatoms. The number of aromatic hydroxyl groups is 1. The lowest BCUT2D eigenvalue weighted by molar-refractivity contribution is -0.139. The van der Waals surface area contributed by atoms with Crippen LogP contribution in [-0.4, -0.2) is 35.0 Å². The fourth-order valence-electron chi connectivity index (χ4n) is 4.07. The highest BCUT2D eigenvalue weighted by Crippen LogP contribution is 2.42. The number of hydrogen-bond acceptors (Lipinski definition) is 6. The van der Waals surface area contributed by atoms with Crippen molar-refractivity contribution in [1.82, 2.24) is 0 Å². The first-order chi connectivity index (χ1) is 16.7. The summed E-state index contributed by atoms with van der Waals surface area (Å²) in [6.07, 6.45) is 0.0372. The van der Waals surface area contributed by atoms with E-state index < -0.39 is 35.3 Å². The van der Waals surface area contributed by atoms with Gasteiger partial charge in [0.25, 0.3) is 11.7 Å². The summed E-state index contributed by atoms with van der Waals surface area (Å²) < 4.78 is 18.5. The first kappa shape index (κ1) is 23.7. The van der Waals surface area contributed by atoms with Crippen LogP contribution >= 0.6 is 0 Å². The minimum Gasteiger partial charge on any atom is -0.508 e. The highest BCUT2D eigenvalue weighted by atomic mass is 19.1. The number of rotatable bonds is 5. The molecule has 1 unspecified atom stereocenters. The van der Waals surface area contributed by atoms with Crippen molar-refractivity contribution < 1.29 is 33.7 Å². The minimum atomic E-state index is -1.06. The lowest BCUT2D eigenvalue weighted by Gasteiger charge is -2.25. The predicted octanol–water partition coefficient (Wildman–Crippen LogP) is 4.18. The molecule has 1 aliphatic rings. The van der Waals surface area contributed by atoms with Crippen LogP contribution in [-0.2, 0) is 25.5 Å². The van der Waals surface area contributed by atoms with E-state index in [0.717, 1.165) is 0 Å². The van der Waals surface area contributed by atoms with Gasteiger partial charge in [0.15, 0.2) is 0 Å². The average Bonchev–Trinajstić information content (AvgIpc) is 3.11. The Bertz CT molecular complexity index is 1360. The number of Topliss-reactive ketones (excluding diaryl/α,β-unsaturated/α-hetero) is 1. The Kier molecular flexibility index (Phi) is 6.38. The topological polar surface area (TPSA) is 104 Å². The zero-order chi connectivity index (χ0) is 25.3. The van der Waals surface area contributed by atoms with Crippen LogP contribution < -0.4 is 4.90 Å². The van der Waals surface area contributed by atoms with Gasteiger partial charge in [0.1, 0.15) is 17.3 Å². The molecule has 3 aromatic carbocycles. The number of ether oxygens (including phenoxy) is 1. The van der Waals surface area contributed by atoms with Crippen molar-refractivity contribution in [3.05, 3.63) is 100 Å². The maximum Gasteiger partial charge on any atom is 0.309 e. The normalized spacial score (nSPS) is 17.0. The fraction of sp³-hybridized carbons (Fsp3) is 0.148. The van der Waals surface area contributed by atoms with E-state index in [1.54, 1.807) is 36.4 Å². The molecule has 0 saturated carbocycles. The third kappa shape index (κ3) is 4.50. The second-order valence-electron chi connectivity index (χ2n) is 8.15. The Labute approximate surface area is 200 Å². The van der Waals surface area contributed by atoms with E-state index in [0.29, 0.717) is 16.8 Å². The van der Waals surface area contributed by atoms with Crippen LogP contribution in [0, 0.1) is 12.7 Å². The molecule has 1 atom stereocenters. The second-order valence-corrected chi connectivity index (χ2v) is 8.15. The molecule has 35 heavy (non-hydrogen) atoms. The van der Waals surface area contributed by atoms with Crippen molar-refractivity contribution in [2.24, 2.45) is 0 Å². The van der Waals surface area contributed by atoms with Gasteiger partial charge >= 0.3 is 5.97 Å². The Morgan fingerprint density at radius 3 is 2.40 bits per heavy atom. The quantitative estimate of drug-likeness (QED) is 0.248. The number of ketones is 1. The lowest BCUT2D eigenvalue weighted by atomic mass is 9.94. The molecule has 0 aromatic heterocycles. The largest absolute Gasteiger partial charge is 0.508 e. The van der Waals surface area contributed by atoms with Crippen LogP contribution in [0.25, 0.3) is 5.76 Å². The van der Waals surface area contributed by atoms with Gasteiger partial charge in [-0.2, -0.15) is 0 Å². The van der Waals surface area contributed by atoms with Gasteiger partial charge in [-0.05, 0) is 66.1 Å². The molecule has 178 valence electrons. The van der Waals surface area contributed by atoms with E-state index in [4.69, 9.17) is 0 Å². The number of anilines is 1. The molecule has 4 rings (SSSR count). The molecule has 2 N–H and O–H groups in total. The van der Waals surface area contributed by atoms with E-state index in [-0.39, 0.29) is 28.9 Å². The van der Waals surface area contributed by atoms with Crippen molar-refractivity contribution in [2.75, 3.05) is 12.0 Å². The van der Waals surface area contributed by atoms with E-state index >= 15 is 0 Å². The van der Waals surface area contributed by atoms with Gasteiger partial charge in [-0.1, -0.05) is 24.3 Å². The summed E-state index contributed by atoms with van der Waals surface area (Å²) in [7, 11) is 1.29. The maximum atomic E-state index is 13.8. The van der Waals surface area contributed by atoms with Crippen molar-refractivity contribution in [3.63, 3.8) is 0 Å². The van der Waals surface area contributed by atoms with Crippen molar-refractivity contribution >= 4 is 29.1 Å². The zero-order valence-electron chi connectivity index (χ0n) is 19.0. The van der Waals surface area contributed by atoms with Crippen molar-refractivity contribution in [3.8, 4) is 5.75 Å². The molecule has 1 heterocycles. The number of esters is 1. The number of phenolic OH excluding ortho intramolecular Hbond substituents is 1. The second kappa shape index (κ2) is 9.42. The van der Waals surface area contributed by atoms with Gasteiger partial charge in [0.05, 0.1) is 25.1 Å². The van der Waals surface area contributed by atoms with E-state index in [1.807, 2.05) is 0 Å². The number of nitrogens with zero attached hydrogens (tertiary/aromatic N) is 1. The fourth-order valence-corrected chi connectivity index (χ4v) is 4.07. The van der Waals surface area contributed by atoms with Crippen LogP contribution in [0.5, 0.6) is 5.75 Å². The Balaban J connectivity index is 1.86. The van der Waals surface area contributed by atoms with Crippen LogP contribution in [0.2, 0.25) is 0 Å². The van der Waals surface area contributed by atoms with Gasteiger partial charge in [0.2, 0.25) is 0 Å². The van der Waals surface area contributed by atoms with Crippen LogP contribution in [0.3, 0.4) is 0 Å². The number of amides is 1. The summed E-state index contributed by atoms with van der Waals surface area (Å²) in [5.74, 6) is -3.23. The summed E-state index contributed by atoms with van der Waals surface area (Å²) in [5.41, 5.74) is 1.64. The minimum absolute atomic E-state index is 0.0372. The van der Waals surface area contributed by atoms with Gasteiger partial charge in [-0.15, -0.1) is 0 Å². The monoisotopic (exact) mass is 475 g/mol. The van der Waals surface area contributed by atoms with Gasteiger partial charge in [-0.3, -0.25) is 19.3 Å². The molecule has 1 fully saturated rings. The smallest absolute Gasteiger partial charge is 0.309 e. The third-order valence-corrected chi connectivity index (χ3v) is 5.85. The lowest BCUT2D eigenvalue weighted by Crippen LogP contribution is -2.29. The van der Waals surface area contributed by atoms with Crippen molar-refractivity contribution in [1.29, 1.82) is 0 Å². The number of phenols is 1. The molecule has 0 radical (unpaired) electrons. The van der Waals surface area contributed by atoms with Crippen LogP contribution in [0.1, 0.15) is 28.3 Å². The molecule has 0 aliphatic carbocycles. The summed E-state index contributed by atoms with van der Waals surface area (Å²) in [4.78, 5) is 39.1. The number of aliphatic hydroxyl groups is 1. The Hall–Kier alpha value is -4.46. The highest BCUT2D eigenvalue weighted by molar-refractivity contribution is 6.51. The molecule has 3 aromatic rings. The average molecular weight is 475 g/mol. The Morgan fingerprint density at radius 1 is 1.06 bits per heavy atom. The number of aliphatic hydroxyl groups excluding tert-OH is 1. The van der Waals surface area contributed by atoms with Gasteiger partial charge in [-0.25, -0.2) is 4.39 Å². The molecule has 0 spiro atoms. The number of carbonyl (C=O) groups excluding carboxylic acids is 3. The molecule has 1 saturated heterocycles. The predicted molar refractivity (Wildman–Crippen MR) is 126 cm³/mol. The number of halogens is 1. The third-order valence-electron chi connectivity index (χ3n) is 5.85.